The SMILES string of the molecule is CCN(CC)S(=O)(=O)CC(=O)N1CCC(Cc2ccccc2C(=O)O)CC1. The van der Waals surface area contributed by atoms with Crippen LogP contribution in [0.2, 0.25) is 0 Å². The molecule has 1 fully saturated rings. The zero-order valence-electron chi connectivity index (χ0n) is 15.9. The Balaban J connectivity index is 1.92. The average molecular weight is 397 g/mol. The summed E-state index contributed by atoms with van der Waals surface area (Å²) in [5.41, 5.74) is 1.13. The fraction of sp³-hybridized carbons (Fsp3) is 0.579. The molecule has 0 saturated carbocycles. The van der Waals surface area contributed by atoms with Gasteiger partial charge in [0.1, 0.15) is 5.75 Å². The number of benzene rings is 1. The van der Waals surface area contributed by atoms with E-state index in [0.717, 1.165) is 18.4 Å². The fourth-order valence-electron chi connectivity index (χ4n) is 3.56. The van der Waals surface area contributed by atoms with Crippen LogP contribution in [0.1, 0.15) is 42.6 Å². The maximum atomic E-state index is 12.4. The molecule has 0 atom stereocenters. The van der Waals surface area contributed by atoms with Crippen molar-refractivity contribution in [1.82, 2.24) is 9.21 Å². The molecule has 0 spiro atoms. The molecule has 2 rings (SSSR count). The number of likely N-dealkylation sites (tertiary alicyclic amines) is 1. The summed E-state index contributed by atoms with van der Waals surface area (Å²) in [6.45, 7) is 5.24. The van der Waals surface area contributed by atoms with Crippen molar-refractivity contribution in [3.63, 3.8) is 0 Å². The number of carbonyl (C=O) groups is 2. The Morgan fingerprint density at radius 2 is 1.74 bits per heavy atom. The highest BCUT2D eigenvalue weighted by Gasteiger charge is 2.29. The predicted molar refractivity (Wildman–Crippen MR) is 103 cm³/mol. The molecule has 1 aromatic rings. The van der Waals surface area contributed by atoms with Crippen molar-refractivity contribution in [2.45, 2.75) is 33.1 Å². The first-order chi connectivity index (χ1) is 12.8. The van der Waals surface area contributed by atoms with E-state index in [2.05, 4.69) is 0 Å². The third-order valence-corrected chi connectivity index (χ3v) is 7.04. The van der Waals surface area contributed by atoms with Gasteiger partial charge in [-0.05, 0) is 36.8 Å². The van der Waals surface area contributed by atoms with Gasteiger partial charge in [0, 0.05) is 26.2 Å². The molecule has 1 aliphatic rings. The van der Waals surface area contributed by atoms with Crippen LogP contribution in [0, 0.1) is 5.92 Å². The normalized spacial score (nSPS) is 15.9. The first-order valence-electron chi connectivity index (χ1n) is 9.35. The summed E-state index contributed by atoms with van der Waals surface area (Å²) >= 11 is 0. The van der Waals surface area contributed by atoms with E-state index in [1.54, 1.807) is 30.9 Å². The maximum Gasteiger partial charge on any atom is 0.335 e. The second kappa shape index (κ2) is 9.32. The smallest absolute Gasteiger partial charge is 0.335 e. The van der Waals surface area contributed by atoms with E-state index in [1.165, 1.54) is 4.31 Å². The number of carboxylic acids is 1. The lowest BCUT2D eigenvalue weighted by Gasteiger charge is -2.32. The monoisotopic (exact) mass is 396 g/mol. The fourth-order valence-corrected chi connectivity index (χ4v) is 5.02. The molecule has 27 heavy (non-hydrogen) atoms. The van der Waals surface area contributed by atoms with Crippen molar-refractivity contribution in [3.05, 3.63) is 35.4 Å². The Morgan fingerprint density at radius 3 is 2.30 bits per heavy atom. The Hall–Kier alpha value is -1.93. The number of sulfonamides is 1. The van der Waals surface area contributed by atoms with E-state index in [-0.39, 0.29) is 11.8 Å². The summed E-state index contributed by atoms with van der Waals surface area (Å²) in [5.74, 6) is -1.48. The van der Waals surface area contributed by atoms with E-state index in [9.17, 15) is 23.1 Å². The van der Waals surface area contributed by atoms with Crippen LogP contribution in [0.3, 0.4) is 0 Å². The molecule has 0 bridgehead atoms. The molecule has 0 aliphatic carbocycles. The lowest BCUT2D eigenvalue weighted by molar-refractivity contribution is -0.129. The minimum absolute atomic E-state index is 0.286. The molecule has 8 heteroatoms. The Morgan fingerprint density at radius 1 is 1.15 bits per heavy atom. The van der Waals surface area contributed by atoms with E-state index in [4.69, 9.17) is 0 Å². The molecular formula is C19H28N2O5S. The van der Waals surface area contributed by atoms with Gasteiger partial charge in [0.15, 0.2) is 0 Å². The van der Waals surface area contributed by atoms with Crippen LogP contribution in [0.4, 0.5) is 0 Å². The topological polar surface area (TPSA) is 95.0 Å². The van der Waals surface area contributed by atoms with Crippen LogP contribution in [-0.2, 0) is 21.2 Å². The first-order valence-corrected chi connectivity index (χ1v) is 11.0. The third kappa shape index (κ3) is 5.52. The summed E-state index contributed by atoms with van der Waals surface area (Å²) in [4.78, 5) is 25.3. The lowest BCUT2D eigenvalue weighted by atomic mass is 9.88. The molecule has 0 aromatic heterocycles. The van der Waals surface area contributed by atoms with Gasteiger partial charge in [-0.15, -0.1) is 0 Å². The molecule has 150 valence electrons. The van der Waals surface area contributed by atoms with Crippen molar-refractivity contribution < 1.29 is 23.1 Å². The number of nitrogens with zero attached hydrogens (tertiary/aromatic N) is 2. The average Bonchev–Trinajstić information content (AvgIpc) is 2.63. The van der Waals surface area contributed by atoms with Gasteiger partial charge in [-0.25, -0.2) is 17.5 Å². The number of carbonyl (C=O) groups excluding carboxylic acids is 1. The highest BCUT2D eigenvalue weighted by molar-refractivity contribution is 7.89. The molecule has 0 unspecified atom stereocenters. The number of hydrogen-bond donors (Lipinski definition) is 1. The minimum atomic E-state index is -3.57. The quantitative estimate of drug-likeness (QED) is 0.723. The number of hydrogen-bond acceptors (Lipinski definition) is 4. The van der Waals surface area contributed by atoms with Crippen LogP contribution in [0.25, 0.3) is 0 Å². The van der Waals surface area contributed by atoms with Gasteiger partial charge in [-0.1, -0.05) is 32.0 Å². The number of carboxylic acid groups (broad SMARTS) is 1. The van der Waals surface area contributed by atoms with Crippen molar-refractivity contribution in [3.8, 4) is 0 Å². The van der Waals surface area contributed by atoms with E-state index in [1.807, 2.05) is 12.1 Å². The van der Waals surface area contributed by atoms with Crippen LogP contribution in [-0.4, -0.2) is 66.5 Å². The second-order valence-corrected chi connectivity index (χ2v) is 8.80. The van der Waals surface area contributed by atoms with Crippen LogP contribution < -0.4 is 0 Å². The van der Waals surface area contributed by atoms with Crippen molar-refractivity contribution >= 4 is 21.9 Å². The summed E-state index contributed by atoms with van der Waals surface area (Å²) in [7, 11) is -3.57. The van der Waals surface area contributed by atoms with Gasteiger partial charge in [0.25, 0.3) is 0 Å². The van der Waals surface area contributed by atoms with E-state index >= 15 is 0 Å². The van der Waals surface area contributed by atoms with Crippen LogP contribution in [0.15, 0.2) is 24.3 Å². The van der Waals surface area contributed by atoms with Gasteiger partial charge in [0.05, 0.1) is 5.56 Å². The highest BCUT2D eigenvalue weighted by Crippen LogP contribution is 2.24. The Kier molecular flexibility index (Phi) is 7.38. The third-order valence-electron chi connectivity index (χ3n) is 5.13. The first kappa shape index (κ1) is 21.4. The van der Waals surface area contributed by atoms with Crippen LogP contribution >= 0.6 is 0 Å². The molecule has 1 N–H and O–H groups in total. The number of aromatic carboxylic acids is 1. The molecule has 1 amide bonds. The number of amides is 1. The highest BCUT2D eigenvalue weighted by atomic mass is 32.2. The number of rotatable bonds is 8. The zero-order chi connectivity index (χ0) is 20.0. The van der Waals surface area contributed by atoms with E-state index in [0.29, 0.717) is 38.2 Å². The molecule has 1 aliphatic heterocycles. The van der Waals surface area contributed by atoms with Crippen molar-refractivity contribution in [2.24, 2.45) is 5.92 Å². The Bertz CT molecular complexity index is 766. The van der Waals surface area contributed by atoms with Gasteiger partial charge >= 0.3 is 5.97 Å². The second-order valence-electron chi connectivity index (χ2n) is 6.83. The zero-order valence-corrected chi connectivity index (χ0v) is 16.7. The summed E-state index contributed by atoms with van der Waals surface area (Å²) in [6.07, 6.45) is 2.14. The minimum Gasteiger partial charge on any atom is -0.478 e. The maximum absolute atomic E-state index is 12.4. The summed E-state index contributed by atoms with van der Waals surface area (Å²) in [6, 6.07) is 6.98. The van der Waals surface area contributed by atoms with Crippen molar-refractivity contribution in [2.75, 3.05) is 31.9 Å². The predicted octanol–water partition coefficient (Wildman–Crippen LogP) is 1.84. The van der Waals surface area contributed by atoms with Gasteiger partial charge in [0.2, 0.25) is 15.9 Å². The molecule has 0 radical (unpaired) electrons. The molecule has 1 saturated heterocycles. The van der Waals surface area contributed by atoms with E-state index < -0.39 is 21.7 Å². The molecule has 1 heterocycles. The van der Waals surface area contributed by atoms with Gasteiger partial charge in [-0.2, -0.15) is 0 Å². The van der Waals surface area contributed by atoms with Gasteiger partial charge < -0.3 is 10.0 Å². The molecule has 1 aromatic carbocycles. The summed E-state index contributed by atoms with van der Waals surface area (Å²) < 4.78 is 25.9. The largest absolute Gasteiger partial charge is 0.478 e. The Labute approximate surface area is 161 Å². The lowest BCUT2D eigenvalue weighted by Crippen LogP contribution is -2.44. The molecule has 7 nitrogen and oxygen atoms in total. The summed E-state index contributed by atoms with van der Waals surface area (Å²) in [5, 5.41) is 9.29. The standard InChI is InChI=1S/C19H28N2O5S/c1-3-21(4-2)27(25,26)14-18(22)20-11-9-15(10-12-20)13-16-7-5-6-8-17(16)19(23)24/h5-8,15H,3-4,9-14H2,1-2H3,(H,23,24). The van der Waals surface area contributed by atoms with Crippen LogP contribution in [0.5, 0.6) is 0 Å². The van der Waals surface area contributed by atoms with Crippen molar-refractivity contribution in [1.29, 1.82) is 0 Å². The van der Waals surface area contributed by atoms with Gasteiger partial charge in [-0.3, -0.25) is 4.79 Å². The number of piperidine rings is 1. The molecular weight excluding hydrogens is 368 g/mol.